The number of carbonyl (C=O) groups excluding carboxylic acids is 1. The van der Waals surface area contributed by atoms with Crippen LogP contribution in [0.4, 0.5) is 5.82 Å². The number of anilines is 1. The van der Waals surface area contributed by atoms with Crippen LogP contribution >= 0.6 is 0 Å². The third kappa shape index (κ3) is 4.82. The first-order valence-corrected chi connectivity index (χ1v) is 5.77. The number of aliphatic imine (C=N–C) groups is 1. The number of hydrogen-bond donors (Lipinski definition) is 3. The van der Waals surface area contributed by atoms with E-state index in [2.05, 4.69) is 25.9 Å². The standard InChI is InChI=1S/C12H19N5O/c1-9-5-4-6-10(16-9)17-11(18)7-8-15-12(13-2)14-3/h4-6H,7-8H2,1-3H3,(H2,13,14,15)(H,16,17,18). The molecule has 0 bridgehead atoms. The van der Waals surface area contributed by atoms with Gasteiger partial charge in [0.2, 0.25) is 5.91 Å². The summed E-state index contributed by atoms with van der Waals surface area (Å²) in [6.45, 7) is 2.40. The van der Waals surface area contributed by atoms with E-state index in [1.165, 1.54) is 0 Å². The van der Waals surface area contributed by atoms with Crippen molar-refractivity contribution in [1.29, 1.82) is 0 Å². The van der Waals surface area contributed by atoms with Crippen LogP contribution in [-0.2, 0) is 4.79 Å². The maximum atomic E-state index is 11.6. The number of guanidine groups is 1. The number of hydrogen-bond acceptors (Lipinski definition) is 3. The minimum Gasteiger partial charge on any atom is -0.359 e. The van der Waals surface area contributed by atoms with E-state index in [4.69, 9.17) is 0 Å². The molecule has 98 valence electrons. The van der Waals surface area contributed by atoms with Gasteiger partial charge in [0.1, 0.15) is 5.82 Å². The molecule has 18 heavy (non-hydrogen) atoms. The molecule has 0 saturated heterocycles. The second kappa shape index (κ2) is 7.26. The van der Waals surface area contributed by atoms with Gasteiger partial charge in [0, 0.05) is 32.8 Å². The first-order valence-electron chi connectivity index (χ1n) is 5.77. The van der Waals surface area contributed by atoms with Crippen LogP contribution in [0.25, 0.3) is 0 Å². The molecule has 1 aromatic heterocycles. The summed E-state index contributed by atoms with van der Waals surface area (Å²) >= 11 is 0. The molecule has 1 heterocycles. The van der Waals surface area contributed by atoms with Crippen LogP contribution in [-0.4, -0.2) is 37.5 Å². The second-order valence-electron chi connectivity index (χ2n) is 3.71. The third-order valence-corrected chi connectivity index (χ3v) is 2.26. The summed E-state index contributed by atoms with van der Waals surface area (Å²) < 4.78 is 0. The van der Waals surface area contributed by atoms with Crippen molar-refractivity contribution in [3.63, 3.8) is 0 Å². The fraction of sp³-hybridized carbons (Fsp3) is 0.417. The Morgan fingerprint density at radius 2 is 2.22 bits per heavy atom. The van der Waals surface area contributed by atoms with Crippen LogP contribution in [0.2, 0.25) is 0 Å². The molecule has 0 aliphatic heterocycles. The van der Waals surface area contributed by atoms with Crippen molar-refractivity contribution in [3.05, 3.63) is 23.9 Å². The zero-order chi connectivity index (χ0) is 13.4. The quantitative estimate of drug-likeness (QED) is 0.537. The highest BCUT2D eigenvalue weighted by Gasteiger charge is 2.03. The van der Waals surface area contributed by atoms with Gasteiger partial charge in [-0.05, 0) is 19.1 Å². The highest BCUT2D eigenvalue weighted by molar-refractivity contribution is 5.90. The maximum absolute atomic E-state index is 11.6. The summed E-state index contributed by atoms with van der Waals surface area (Å²) in [7, 11) is 3.45. The molecule has 6 heteroatoms. The Morgan fingerprint density at radius 3 is 2.83 bits per heavy atom. The first kappa shape index (κ1) is 14.0. The maximum Gasteiger partial charge on any atom is 0.227 e. The van der Waals surface area contributed by atoms with E-state index in [1.807, 2.05) is 19.1 Å². The Labute approximate surface area is 107 Å². The van der Waals surface area contributed by atoms with Crippen molar-refractivity contribution in [2.45, 2.75) is 13.3 Å². The molecule has 0 aliphatic carbocycles. The molecule has 0 saturated carbocycles. The van der Waals surface area contributed by atoms with Crippen LogP contribution in [0.5, 0.6) is 0 Å². The van der Waals surface area contributed by atoms with Gasteiger partial charge in [-0.15, -0.1) is 0 Å². The number of amides is 1. The van der Waals surface area contributed by atoms with Gasteiger partial charge in [-0.2, -0.15) is 0 Å². The van der Waals surface area contributed by atoms with Crippen LogP contribution in [0, 0.1) is 6.92 Å². The third-order valence-electron chi connectivity index (χ3n) is 2.26. The van der Waals surface area contributed by atoms with Gasteiger partial charge in [0.15, 0.2) is 5.96 Å². The van der Waals surface area contributed by atoms with Crippen LogP contribution in [0.15, 0.2) is 23.2 Å². The van der Waals surface area contributed by atoms with E-state index in [9.17, 15) is 4.79 Å². The van der Waals surface area contributed by atoms with Gasteiger partial charge >= 0.3 is 0 Å². The van der Waals surface area contributed by atoms with Gasteiger partial charge in [-0.1, -0.05) is 6.07 Å². The summed E-state index contributed by atoms with van der Waals surface area (Å²) in [5.41, 5.74) is 0.876. The van der Waals surface area contributed by atoms with Gasteiger partial charge in [0.05, 0.1) is 0 Å². The minimum absolute atomic E-state index is 0.0767. The first-order chi connectivity index (χ1) is 8.65. The number of nitrogens with zero attached hydrogens (tertiary/aromatic N) is 2. The monoisotopic (exact) mass is 249 g/mol. The van der Waals surface area contributed by atoms with E-state index in [1.54, 1.807) is 20.2 Å². The summed E-state index contributed by atoms with van der Waals surface area (Å²) in [5.74, 6) is 1.17. The van der Waals surface area contributed by atoms with Crippen molar-refractivity contribution in [2.75, 3.05) is 26.0 Å². The fourth-order valence-electron chi connectivity index (χ4n) is 1.39. The Hall–Kier alpha value is -2.11. The highest BCUT2D eigenvalue weighted by Crippen LogP contribution is 2.03. The molecule has 1 amide bonds. The van der Waals surface area contributed by atoms with Gasteiger partial charge in [0.25, 0.3) is 0 Å². The Morgan fingerprint density at radius 1 is 1.44 bits per heavy atom. The lowest BCUT2D eigenvalue weighted by atomic mass is 10.3. The SMILES string of the molecule is CN=C(NC)NCCC(=O)Nc1cccc(C)n1. The highest BCUT2D eigenvalue weighted by atomic mass is 16.1. The average Bonchev–Trinajstić information content (AvgIpc) is 2.34. The number of pyridine rings is 1. The molecular formula is C12H19N5O. The number of aryl methyl sites for hydroxylation is 1. The number of carbonyl (C=O) groups is 1. The van der Waals surface area contributed by atoms with E-state index in [-0.39, 0.29) is 5.91 Å². The lowest BCUT2D eigenvalue weighted by Crippen LogP contribution is -2.36. The largest absolute Gasteiger partial charge is 0.359 e. The Balaban J connectivity index is 2.34. The molecule has 3 N–H and O–H groups in total. The topological polar surface area (TPSA) is 78.4 Å². The molecule has 0 spiro atoms. The Kier molecular flexibility index (Phi) is 5.63. The molecule has 0 atom stereocenters. The van der Waals surface area contributed by atoms with E-state index in [0.29, 0.717) is 24.7 Å². The number of rotatable bonds is 4. The Bertz CT molecular complexity index is 430. The van der Waals surface area contributed by atoms with Gasteiger partial charge in [-0.25, -0.2) is 4.98 Å². The van der Waals surface area contributed by atoms with Crippen LogP contribution in [0.1, 0.15) is 12.1 Å². The van der Waals surface area contributed by atoms with E-state index in [0.717, 1.165) is 5.69 Å². The smallest absolute Gasteiger partial charge is 0.227 e. The van der Waals surface area contributed by atoms with Gasteiger partial charge in [-0.3, -0.25) is 9.79 Å². The molecule has 0 fully saturated rings. The zero-order valence-electron chi connectivity index (χ0n) is 10.9. The fourth-order valence-corrected chi connectivity index (χ4v) is 1.39. The molecule has 1 rings (SSSR count). The molecule has 6 nitrogen and oxygen atoms in total. The average molecular weight is 249 g/mol. The van der Waals surface area contributed by atoms with Crippen molar-refractivity contribution in [2.24, 2.45) is 4.99 Å². The number of aromatic nitrogens is 1. The normalized spacial score (nSPS) is 10.9. The number of nitrogens with one attached hydrogen (secondary N) is 3. The molecule has 1 aromatic rings. The summed E-state index contributed by atoms with van der Waals surface area (Å²) in [6.07, 6.45) is 0.357. The minimum atomic E-state index is -0.0767. The molecule has 0 unspecified atom stereocenters. The predicted molar refractivity (Wildman–Crippen MR) is 72.6 cm³/mol. The van der Waals surface area contributed by atoms with E-state index < -0.39 is 0 Å². The van der Waals surface area contributed by atoms with Crippen molar-refractivity contribution < 1.29 is 4.79 Å². The molecular weight excluding hydrogens is 230 g/mol. The zero-order valence-corrected chi connectivity index (χ0v) is 10.9. The lowest BCUT2D eigenvalue weighted by Gasteiger charge is -2.08. The summed E-state index contributed by atoms with van der Waals surface area (Å²) in [5, 5.41) is 8.62. The molecule has 0 aliphatic rings. The molecule has 0 aromatic carbocycles. The van der Waals surface area contributed by atoms with Crippen molar-refractivity contribution in [1.82, 2.24) is 15.6 Å². The second-order valence-corrected chi connectivity index (χ2v) is 3.71. The van der Waals surface area contributed by atoms with Crippen molar-refractivity contribution >= 4 is 17.7 Å². The predicted octanol–water partition coefficient (Wildman–Crippen LogP) is 0.513. The van der Waals surface area contributed by atoms with Crippen molar-refractivity contribution in [3.8, 4) is 0 Å². The van der Waals surface area contributed by atoms with Gasteiger partial charge < -0.3 is 16.0 Å². The van der Waals surface area contributed by atoms with Crippen LogP contribution < -0.4 is 16.0 Å². The van der Waals surface area contributed by atoms with Crippen LogP contribution in [0.3, 0.4) is 0 Å². The summed E-state index contributed by atoms with van der Waals surface area (Å²) in [6, 6.07) is 5.51. The van der Waals surface area contributed by atoms with E-state index >= 15 is 0 Å². The summed E-state index contributed by atoms with van der Waals surface area (Å²) in [4.78, 5) is 19.8. The molecule has 0 radical (unpaired) electrons. The lowest BCUT2D eigenvalue weighted by molar-refractivity contribution is -0.116.